The third kappa shape index (κ3) is 4.64. The van der Waals surface area contributed by atoms with Crippen molar-refractivity contribution in [3.05, 3.63) is 53.4 Å². The van der Waals surface area contributed by atoms with Gasteiger partial charge in [-0.25, -0.2) is 4.39 Å². The first-order valence-corrected chi connectivity index (χ1v) is 8.49. The highest BCUT2D eigenvalue weighted by Gasteiger charge is 2.20. The van der Waals surface area contributed by atoms with E-state index in [4.69, 9.17) is 4.74 Å². The van der Waals surface area contributed by atoms with Gasteiger partial charge in [0.15, 0.2) is 11.6 Å². The first-order chi connectivity index (χ1) is 10.6. The number of ether oxygens (including phenoxy) is 1. The van der Waals surface area contributed by atoms with Crippen LogP contribution in [0.15, 0.2) is 42.0 Å². The van der Waals surface area contributed by atoms with Crippen LogP contribution in [-0.4, -0.2) is 12.4 Å². The first-order valence-electron chi connectivity index (χ1n) is 7.97. The van der Waals surface area contributed by atoms with Crippen LogP contribution in [-0.2, 0) is 6.42 Å². The summed E-state index contributed by atoms with van der Waals surface area (Å²) in [5.41, 5.74) is 2.36. The summed E-state index contributed by atoms with van der Waals surface area (Å²) in [6, 6.07) is 5.14. The molecule has 0 aliphatic heterocycles. The molecule has 120 valence electrons. The lowest BCUT2D eigenvalue weighted by atomic mass is 9.83. The average Bonchev–Trinajstić information content (AvgIpc) is 2.53. The summed E-state index contributed by atoms with van der Waals surface area (Å²) in [7, 11) is 1.48. The lowest BCUT2D eigenvalue weighted by molar-refractivity contribution is 0.386. The molecule has 1 aliphatic rings. The lowest BCUT2D eigenvalue weighted by Crippen LogP contribution is -2.15. The van der Waals surface area contributed by atoms with Crippen molar-refractivity contribution in [3.8, 4) is 5.75 Å². The third-order valence-electron chi connectivity index (χ3n) is 4.38. The van der Waals surface area contributed by atoms with Crippen molar-refractivity contribution in [1.29, 1.82) is 0 Å². The van der Waals surface area contributed by atoms with Gasteiger partial charge in [-0.1, -0.05) is 24.3 Å². The van der Waals surface area contributed by atoms with Crippen molar-refractivity contribution in [2.45, 2.75) is 44.3 Å². The van der Waals surface area contributed by atoms with Crippen LogP contribution < -0.4 is 4.74 Å². The summed E-state index contributed by atoms with van der Waals surface area (Å²) in [6.07, 6.45) is 12.1. The van der Waals surface area contributed by atoms with Gasteiger partial charge in [-0.3, -0.25) is 0 Å². The smallest absolute Gasteiger partial charge is 0.165 e. The minimum Gasteiger partial charge on any atom is -0.494 e. The summed E-state index contributed by atoms with van der Waals surface area (Å²) >= 11 is 4.56. The van der Waals surface area contributed by atoms with Gasteiger partial charge in [-0.2, -0.15) is 12.6 Å². The fraction of sp³-hybridized carbons (Fsp3) is 0.474. The molecule has 0 amide bonds. The fourth-order valence-corrected chi connectivity index (χ4v) is 3.34. The summed E-state index contributed by atoms with van der Waals surface area (Å²) < 4.78 is 18.6. The normalized spacial score (nSPS) is 23.0. The number of hydrogen-bond donors (Lipinski definition) is 1. The SMILES string of the molecule is C/C=C(\C=C/Cc1ccc(OC)c(F)c1)C1CCC(S)CC1. The van der Waals surface area contributed by atoms with Crippen LogP contribution in [0.3, 0.4) is 0 Å². The van der Waals surface area contributed by atoms with Crippen LogP contribution in [0.1, 0.15) is 38.2 Å². The molecule has 0 heterocycles. The van der Waals surface area contributed by atoms with Gasteiger partial charge in [0.25, 0.3) is 0 Å². The van der Waals surface area contributed by atoms with Gasteiger partial charge in [0.05, 0.1) is 7.11 Å². The predicted octanol–water partition coefficient (Wildman–Crippen LogP) is 5.37. The van der Waals surface area contributed by atoms with Crippen LogP contribution in [0.5, 0.6) is 5.75 Å². The van der Waals surface area contributed by atoms with E-state index in [1.165, 1.54) is 38.4 Å². The zero-order valence-electron chi connectivity index (χ0n) is 13.4. The summed E-state index contributed by atoms with van der Waals surface area (Å²) in [5, 5.41) is 0.570. The predicted molar refractivity (Wildman–Crippen MR) is 94.3 cm³/mol. The Balaban J connectivity index is 1.94. The minimum atomic E-state index is -0.299. The van der Waals surface area contributed by atoms with Crippen molar-refractivity contribution >= 4 is 12.6 Å². The molecule has 1 aliphatic carbocycles. The maximum atomic E-state index is 13.7. The number of thiol groups is 1. The standard InChI is InChI=1S/C19H25FOS/c1-3-15(16-8-10-17(22)11-9-16)6-4-5-14-7-12-19(21-2)18(20)13-14/h3-4,6-7,12-13,16-17,22H,5,8-11H2,1-2H3/b6-4-,15-3+. The second-order valence-corrected chi connectivity index (χ2v) is 6.60. The van der Waals surface area contributed by atoms with Crippen molar-refractivity contribution in [3.63, 3.8) is 0 Å². The first kappa shape index (κ1) is 17.1. The molecule has 1 nitrogen and oxygen atoms in total. The summed E-state index contributed by atoms with van der Waals surface area (Å²) in [6.45, 7) is 2.10. The van der Waals surface area contributed by atoms with Gasteiger partial charge in [0.1, 0.15) is 0 Å². The van der Waals surface area contributed by atoms with Crippen molar-refractivity contribution in [2.75, 3.05) is 7.11 Å². The number of benzene rings is 1. The Morgan fingerprint density at radius 2 is 2.05 bits per heavy atom. The monoisotopic (exact) mass is 320 g/mol. The van der Waals surface area contributed by atoms with Gasteiger partial charge >= 0.3 is 0 Å². The molecule has 0 radical (unpaired) electrons. The highest BCUT2D eigenvalue weighted by molar-refractivity contribution is 7.80. The maximum Gasteiger partial charge on any atom is 0.165 e. The van der Waals surface area contributed by atoms with Gasteiger partial charge in [0, 0.05) is 5.25 Å². The van der Waals surface area contributed by atoms with E-state index in [-0.39, 0.29) is 5.82 Å². The van der Waals surface area contributed by atoms with E-state index in [0.717, 1.165) is 12.0 Å². The molecular weight excluding hydrogens is 295 g/mol. The van der Waals surface area contributed by atoms with E-state index in [0.29, 0.717) is 16.9 Å². The molecule has 0 bridgehead atoms. The molecule has 0 unspecified atom stereocenters. The zero-order valence-corrected chi connectivity index (χ0v) is 14.3. The Labute approximate surface area is 138 Å². The van der Waals surface area contributed by atoms with Crippen molar-refractivity contribution < 1.29 is 9.13 Å². The fourth-order valence-electron chi connectivity index (χ4n) is 3.05. The molecule has 1 aromatic carbocycles. The second-order valence-electron chi connectivity index (χ2n) is 5.87. The highest BCUT2D eigenvalue weighted by Crippen LogP contribution is 2.32. The van der Waals surface area contributed by atoms with Gasteiger partial charge in [-0.15, -0.1) is 0 Å². The molecule has 0 saturated heterocycles. The van der Waals surface area contributed by atoms with Crippen LogP contribution in [0.25, 0.3) is 0 Å². The number of allylic oxidation sites excluding steroid dienone is 4. The minimum absolute atomic E-state index is 0.297. The number of halogens is 1. The lowest BCUT2D eigenvalue weighted by Gasteiger charge is -2.26. The number of rotatable bonds is 5. The second kappa shape index (κ2) is 8.42. The molecule has 22 heavy (non-hydrogen) atoms. The maximum absolute atomic E-state index is 13.7. The number of methoxy groups -OCH3 is 1. The van der Waals surface area contributed by atoms with Gasteiger partial charge < -0.3 is 4.74 Å². The molecule has 0 spiro atoms. The van der Waals surface area contributed by atoms with E-state index >= 15 is 0 Å². The summed E-state index contributed by atoms with van der Waals surface area (Å²) in [5.74, 6) is 0.648. The number of hydrogen-bond acceptors (Lipinski definition) is 2. The quantitative estimate of drug-likeness (QED) is 0.567. The molecule has 1 aromatic rings. The van der Waals surface area contributed by atoms with E-state index in [1.54, 1.807) is 12.1 Å². The average molecular weight is 320 g/mol. The zero-order chi connectivity index (χ0) is 15.9. The van der Waals surface area contributed by atoms with E-state index < -0.39 is 0 Å². The van der Waals surface area contributed by atoms with Crippen LogP contribution in [0.2, 0.25) is 0 Å². The van der Waals surface area contributed by atoms with Crippen LogP contribution in [0.4, 0.5) is 4.39 Å². The van der Waals surface area contributed by atoms with E-state index in [1.807, 2.05) is 6.07 Å². The molecule has 0 aromatic heterocycles. The van der Waals surface area contributed by atoms with Gasteiger partial charge in [0.2, 0.25) is 0 Å². The molecule has 3 heteroatoms. The molecule has 0 atom stereocenters. The Kier molecular flexibility index (Phi) is 6.56. The van der Waals surface area contributed by atoms with Crippen LogP contribution >= 0.6 is 12.6 Å². The van der Waals surface area contributed by atoms with Crippen LogP contribution in [0, 0.1) is 11.7 Å². The van der Waals surface area contributed by atoms with Crippen molar-refractivity contribution in [1.82, 2.24) is 0 Å². The van der Waals surface area contributed by atoms with Gasteiger partial charge in [-0.05, 0) is 68.2 Å². The Morgan fingerprint density at radius 3 is 2.64 bits per heavy atom. The molecule has 1 saturated carbocycles. The highest BCUT2D eigenvalue weighted by atomic mass is 32.1. The van der Waals surface area contributed by atoms with E-state index in [9.17, 15) is 4.39 Å². The topological polar surface area (TPSA) is 9.23 Å². The Hall–Kier alpha value is -1.22. The molecule has 0 N–H and O–H groups in total. The van der Waals surface area contributed by atoms with E-state index in [2.05, 4.69) is 37.8 Å². The molecule has 2 rings (SSSR count). The largest absolute Gasteiger partial charge is 0.494 e. The Morgan fingerprint density at radius 1 is 1.32 bits per heavy atom. The third-order valence-corrected chi connectivity index (χ3v) is 4.90. The summed E-state index contributed by atoms with van der Waals surface area (Å²) in [4.78, 5) is 0. The Bertz CT molecular complexity index is 542. The molecular formula is C19H25FOS. The molecule has 1 fully saturated rings. The van der Waals surface area contributed by atoms with Crippen molar-refractivity contribution in [2.24, 2.45) is 5.92 Å².